The van der Waals surface area contributed by atoms with E-state index in [1.807, 2.05) is 30.3 Å². The Morgan fingerprint density at radius 1 is 1.12 bits per heavy atom. The third-order valence-electron chi connectivity index (χ3n) is 5.77. The third-order valence-corrected chi connectivity index (χ3v) is 5.77. The highest BCUT2D eigenvalue weighted by molar-refractivity contribution is 5.86. The molecule has 0 bridgehead atoms. The number of hydrogen-bond acceptors (Lipinski definition) is 6. The summed E-state index contributed by atoms with van der Waals surface area (Å²) < 4.78 is 5.29. The van der Waals surface area contributed by atoms with Crippen LogP contribution in [0, 0.1) is 11.8 Å². The van der Waals surface area contributed by atoms with Crippen LogP contribution in [0.3, 0.4) is 0 Å². The maximum Gasteiger partial charge on any atom is 0.408 e. The van der Waals surface area contributed by atoms with E-state index < -0.39 is 42.4 Å². The Morgan fingerprint density at radius 2 is 1.79 bits per heavy atom. The van der Waals surface area contributed by atoms with Crippen LogP contribution in [0.4, 0.5) is 4.79 Å². The summed E-state index contributed by atoms with van der Waals surface area (Å²) in [6, 6.07) is 7.49. The first-order chi connectivity index (χ1) is 15.6. The van der Waals surface area contributed by atoms with Crippen LogP contribution in [-0.2, 0) is 20.7 Å². The summed E-state index contributed by atoms with van der Waals surface area (Å²) in [4.78, 5) is 37.6. The molecular weight excluding hydrogens is 426 g/mol. The second-order valence-corrected chi connectivity index (χ2v) is 9.97. The summed E-state index contributed by atoms with van der Waals surface area (Å²) in [5.41, 5.74) is 0.0952. The van der Waals surface area contributed by atoms with Crippen LogP contribution in [0.1, 0.15) is 45.6 Å². The minimum Gasteiger partial charge on any atom is -0.444 e. The Hall–Kier alpha value is -2.65. The van der Waals surface area contributed by atoms with Gasteiger partial charge in [-0.05, 0) is 51.5 Å². The van der Waals surface area contributed by atoms with Crippen molar-refractivity contribution in [3.8, 4) is 0 Å². The molecule has 0 spiro atoms. The minimum absolute atomic E-state index is 0.0851. The molecule has 0 aromatic heterocycles. The Morgan fingerprint density at radius 3 is 2.36 bits per heavy atom. The van der Waals surface area contributed by atoms with Gasteiger partial charge in [-0.15, -0.1) is 0 Å². The average molecular weight is 462 g/mol. The Balaban J connectivity index is 1.62. The lowest BCUT2D eigenvalue weighted by Crippen LogP contribution is -2.55. The maximum absolute atomic E-state index is 13.1. The summed E-state index contributed by atoms with van der Waals surface area (Å²) in [7, 11) is 0. The summed E-state index contributed by atoms with van der Waals surface area (Å²) >= 11 is 0. The van der Waals surface area contributed by atoms with Crippen molar-refractivity contribution in [2.45, 2.75) is 76.3 Å². The van der Waals surface area contributed by atoms with Gasteiger partial charge in [0.15, 0.2) is 0 Å². The first kappa shape index (κ1) is 25.0. The van der Waals surface area contributed by atoms with Crippen molar-refractivity contribution in [1.82, 2.24) is 16.0 Å². The highest BCUT2D eigenvalue weighted by Gasteiger charge is 2.50. The van der Waals surface area contributed by atoms with Crippen molar-refractivity contribution in [1.29, 1.82) is 0 Å². The Kier molecular flexibility index (Phi) is 7.97. The van der Waals surface area contributed by atoms with E-state index in [2.05, 4.69) is 16.0 Å². The second kappa shape index (κ2) is 10.5. The van der Waals surface area contributed by atoms with Gasteiger partial charge in [-0.25, -0.2) is 4.79 Å². The molecule has 182 valence electrons. The molecule has 0 radical (unpaired) electrons. The second-order valence-electron chi connectivity index (χ2n) is 9.97. The normalized spacial score (nSPS) is 22.5. The van der Waals surface area contributed by atoms with Gasteiger partial charge in [-0.2, -0.15) is 0 Å². The van der Waals surface area contributed by atoms with Gasteiger partial charge in [-0.3, -0.25) is 9.59 Å². The minimum atomic E-state index is -1.08. The predicted octanol–water partition coefficient (Wildman–Crippen LogP) is 0.875. The standard InChI is InChI=1S/C24H35N3O6/c1-24(2,3)33-23(32)27-18(11-14-7-5-4-6-8-14)22(31)26-19(13-28)20(29)16-12-17(16)21(30)25-15-9-10-15/h4-8,15-20,28-29H,9-13H2,1-3H3,(H,25,30)(H,26,31)(H,27,32)/t16-,17+,18+,19+,20-/m1/s1. The summed E-state index contributed by atoms with van der Waals surface area (Å²) in [6.45, 7) is 4.68. The number of carbonyl (C=O) groups is 3. The summed E-state index contributed by atoms with van der Waals surface area (Å²) in [5.74, 6) is -1.28. The lowest BCUT2D eigenvalue weighted by atomic mass is 10.0. The van der Waals surface area contributed by atoms with E-state index in [-0.39, 0.29) is 30.2 Å². The molecule has 9 nitrogen and oxygen atoms in total. The molecule has 1 aromatic rings. The van der Waals surface area contributed by atoms with Gasteiger partial charge in [0.2, 0.25) is 11.8 Å². The molecule has 1 aromatic carbocycles. The van der Waals surface area contributed by atoms with Crippen molar-refractivity contribution in [3.63, 3.8) is 0 Å². The maximum atomic E-state index is 13.1. The van der Waals surface area contributed by atoms with Gasteiger partial charge < -0.3 is 30.9 Å². The zero-order valence-corrected chi connectivity index (χ0v) is 19.4. The van der Waals surface area contributed by atoms with Gasteiger partial charge in [0.05, 0.1) is 18.8 Å². The van der Waals surface area contributed by atoms with Crippen LogP contribution in [0.25, 0.3) is 0 Å². The van der Waals surface area contributed by atoms with Crippen LogP contribution in [0.5, 0.6) is 0 Å². The highest BCUT2D eigenvalue weighted by atomic mass is 16.6. The first-order valence-electron chi connectivity index (χ1n) is 11.5. The SMILES string of the molecule is CC(C)(C)OC(=O)N[C@@H](Cc1ccccc1)C(=O)N[C@@H](CO)[C@H](O)[C@@H]1C[C@@H]1C(=O)NC1CC1. The molecule has 2 aliphatic rings. The summed E-state index contributed by atoms with van der Waals surface area (Å²) in [5, 5.41) is 28.7. The third kappa shape index (κ3) is 7.71. The van der Waals surface area contributed by atoms with Crippen molar-refractivity contribution in [2.75, 3.05) is 6.61 Å². The number of nitrogens with one attached hydrogen (secondary N) is 3. The van der Waals surface area contributed by atoms with Crippen molar-refractivity contribution in [2.24, 2.45) is 11.8 Å². The molecule has 0 heterocycles. The molecule has 3 amide bonds. The van der Waals surface area contributed by atoms with Gasteiger partial charge in [0.1, 0.15) is 11.6 Å². The van der Waals surface area contributed by atoms with Crippen LogP contribution in [0.15, 0.2) is 30.3 Å². The van der Waals surface area contributed by atoms with Crippen LogP contribution >= 0.6 is 0 Å². The van der Waals surface area contributed by atoms with E-state index in [0.717, 1.165) is 18.4 Å². The number of alkyl carbamates (subject to hydrolysis) is 1. The van der Waals surface area contributed by atoms with Crippen LogP contribution in [0.2, 0.25) is 0 Å². The highest BCUT2D eigenvalue weighted by Crippen LogP contribution is 2.43. The van der Waals surface area contributed by atoms with E-state index in [1.165, 1.54) is 0 Å². The van der Waals surface area contributed by atoms with E-state index >= 15 is 0 Å². The average Bonchev–Trinajstić information content (AvgIpc) is 3.65. The fraction of sp³-hybridized carbons (Fsp3) is 0.625. The zero-order chi connectivity index (χ0) is 24.2. The van der Waals surface area contributed by atoms with E-state index in [1.54, 1.807) is 20.8 Å². The number of carbonyl (C=O) groups excluding carboxylic acids is 3. The number of aliphatic hydroxyl groups excluding tert-OH is 2. The zero-order valence-electron chi connectivity index (χ0n) is 19.4. The summed E-state index contributed by atoms with van der Waals surface area (Å²) in [6.07, 6.45) is 0.862. The van der Waals surface area contributed by atoms with E-state index in [0.29, 0.717) is 6.42 Å². The molecular formula is C24H35N3O6. The molecule has 2 fully saturated rings. The number of rotatable bonds is 10. The fourth-order valence-electron chi connectivity index (χ4n) is 3.76. The van der Waals surface area contributed by atoms with E-state index in [4.69, 9.17) is 4.74 Å². The van der Waals surface area contributed by atoms with Crippen molar-refractivity contribution < 1.29 is 29.3 Å². The number of hydrogen-bond donors (Lipinski definition) is 5. The molecule has 9 heteroatoms. The predicted molar refractivity (Wildman–Crippen MR) is 121 cm³/mol. The topological polar surface area (TPSA) is 137 Å². The van der Waals surface area contributed by atoms with Gasteiger partial charge in [0.25, 0.3) is 0 Å². The largest absolute Gasteiger partial charge is 0.444 e. The number of ether oxygens (including phenoxy) is 1. The van der Waals surface area contributed by atoms with Crippen LogP contribution in [-0.4, -0.2) is 64.6 Å². The van der Waals surface area contributed by atoms with E-state index in [9.17, 15) is 24.6 Å². The Labute approximate surface area is 194 Å². The van der Waals surface area contributed by atoms with Crippen LogP contribution < -0.4 is 16.0 Å². The first-order valence-corrected chi connectivity index (χ1v) is 11.5. The lowest BCUT2D eigenvalue weighted by Gasteiger charge is -2.27. The number of amides is 3. The molecule has 2 saturated carbocycles. The monoisotopic (exact) mass is 461 g/mol. The molecule has 3 rings (SSSR count). The van der Waals surface area contributed by atoms with Gasteiger partial charge in [-0.1, -0.05) is 30.3 Å². The number of aliphatic hydroxyl groups is 2. The number of benzene rings is 1. The quantitative estimate of drug-likeness (QED) is 0.351. The molecule has 5 N–H and O–H groups in total. The lowest BCUT2D eigenvalue weighted by molar-refractivity contribution is -0.125. The van der Waals surface area contributed by atoms with Crippen molar-refractivity contribution in [3.05, 3.63) is 35.9 Å². The smallest absolute Gasteiger partial charge is 0.408 e. The van der Waals surface area contributed by atoms with Gasteiger partial charge >= 0.3 is 6.09 Å². The molecule has 0 saturated heterocycles. The molecule has 0 unspecified atom stereocenters. The molecule has 2 aliphatic carbocycles. The Bertz CT molecular complexity index is 836. The molecule has 0 aliphatic heterocycles. The van der Waals surface area contributed by atoms with Gasteiger partial charge in [0, 0.05) is 18.4 Å². The van der Waals surface area contributed by atoms with Crippen molar-refractivity contribution >= 4 is 17.9 Å². The fourth-order valence-corrected chi connectivity index (χ4v) is 3.76. The molecule has 33 heavy (non-hydrogen) atoms. The molecule has 5 atom stereocenters.